The third-order valence-electron chi connectivity index (χ3n) is 4.17. The molecule has 1 saturated heterocycles. The summed E-state index contributed by atoms with van der Waals surface area (Å²) in [7, 11) is 0. The maximum absolute atomic E-state index is 12.4. The summed E-state index contributed by atoms with van der Waals surface area (Å²) in [6.45, 7) is 0.529. The standard InChI is InChI=1S/C16H18N2O5/c19-14(18-7-3-4-10(18)8-15(20)21)9-13-16(22)17-11-5-1-2-6-12(11)23-13/h1-2,5-6,10,13H,3-4,7-9H2,(H,17,22)(H,20,21). The molecule has 0 saturated carbocycles. The number of carboxylic acids is 1. The molecular weight excluding hydrogens is 300 g/mol. The molecule has 2 aliphatic rings. The van der Waals surface area contributed by atoms with Gasteiger partial charge in [0.2, 0.25) is 5.91 Å². The van der Waals surface area contributed by atoms with E-state index in [1.54, 1.807) is 29.2 Å². The van der Waals surface area contributed by atoms with E-state index in [9.17, 15) is 14.4 Å². The number of hydrogen-bond acceptors (Lipinski definition) is 4. The first-order valence-corrected chi connectivity index (χ1v) is 7.62. The minimum Gasteiger partial charge on any atom is -0.481 e. The third kappa shape index (κ3) is 3.28. The number of para-hydroxylation sites is 2. The highest BCUT2D eigenvalue weighted by Gasteiger charge is 2.35. The number of benzene rings is 1. The van der Waals surface area contributed by atoms with Gasteiger partial charge in [-0.1, -0.05) is 12.1 Å². The minimum atomic E-state index is -0.921. The number of rotatable bonds is 4. The highest BCUT2D eigenvalue weighted by molar-refractivity contribution is 6.00. The zero-order chi connectivity index (χ0) is 16.4. The summed E-state index contributed by atoms with van der Waals surface area (Å²) in [6, 6.07) is 6.75. The number of fused-ring (bicyclic) bond motifs is 1. The lowest BCUT2D eigenvalue weighted by atomic mass is 10.1. The van der Waals surface area contributed by atoms with E-state index < -0.39 is 12.1 Å². The number of nitrogens with one attached hydrogen (secondary N) is 1. The third-order valence-corrected chi connectivity index (χ3v) is 4.17. The smallest absolute Gasteiger partial charge is 0.305 e. The van der Waals surface area contributed by atoms with Gasteiger partial charge in [-0.05, 0) is 25.0 Å². The monoisotopic (exact) mass is 318 g/mol. The van der Waals surface area contributed by atoms with E-state index in [0.29, 0.717) is 24.4 Å². The lowest BCUT2D eigenvalue weighted by Gasteiger charge is -2.28. The second-order valence-corrected chi connectivity index (χ2v) is 5.78. The Morgan fingerprint density at radius 2 is 2.09 bits per heavy atom. The number of likely N-dealkylation sites (tertiary alicyclic amines) is 1. The Bertz CT molecular complexity index is 645. The van der Waals surface area contributed by atoms with Crippen LogP contribution in [-0.4, -0.2) is 46.5 Å². The second-order valence-electron chi connectivity index (χ2n) is 5.78. The van der Waals surface area contributed by atoms with Crippen molar-refractivity contribution in [1.82, 2.24) is 4.90 Å². The van der Waals surface area contributed by atoms with E-state index >= 15 is 0 Å². The summed E-state index contributed by atoms with van der Waals surface area (Å²) in [6.07, 6.45) is 0.425. The summed E-state index contributed by atoms with van der Waals surface area (Å²) >= 11 is 0. The summed E-state index contributed by atoms with van der Waals surface area (Å²) in [4.78, 5) is 36.9. The van der Waals surface area contributed by atoms with Gasteiger partial charge in [-0.2, -0.15) is 0 Å². The number of carbonyl (C=O) groups excluding carboxylic acids is 2. The van der Waals surface area contributed by atoms with Crippen LogP contribution in [0.5, 0.6) is 5.75 Å². The Hall–Kier alpha value is -2.57. The predicted octanol–water partition coefficient (Wildman–Crippen LogP) is 1.24. The minimum absolute atomic E-state index is 0.0632. The van der Waals surface area contributed by atoms with Crippen LogP contribution in [0.15, 0.2) is 24.3 Å². The molecule has 2 unspecified atom stereocenters. The van der Waals surface area contributed by atoms with Crippen molar-refractivity contribution in [3.05, 3.63) is 24.3 Å². The summed E-state index contributed by atoms with van der Waals surface area (Å²) in [5.74, 6) is -0.983. The molecule has 23 heavy (non-hydrogen) atoms. The Balaban J connectivity index is 1.66. The fourth-order valence-corrected chi connectivity index (χ4v) is 3.08. The number of amides is 2. The molecule has 0 aliphatic carbocycles. The quantitative estimate of drug-likeness (QED) is 0.871. The number of anilines is 1. The molecule has 2 heterocycles. The van der Waals surface area contributed by atoms with Gasteiger partial charge >= 0.3 is 5.97 Å². The average molecular weight is 318 g/mol. The van der Waals surface area contributed by atoms with Crippen LogP contribution in [0.4, 0.5) is 5.69 Å². The van der Waals surface area contributed by atoms with Crippen LogP contribution in [0, 0.1) is 0 Å². The SMILES string of the molecule is O=C(O)CC1CCCN1C(=O)CC1Oc2ccccc2NC1=O. The van der Waals surface area contributed by atoms with E-state index in [4.69, 9.17) is 9.84 Å². The number of aliphatic carboxylic acids is 1. The number of nitrogens with zero attached hydrogens (tertiary/aromatic N) is 1. The zero-order valence-electron chi connectivity index (χ0n) is 12.5. The molecule has 1 fully saturated rings. The molecule has 2 aliphatic heterocycles. The fourth-order valence-electron chi connectivity index (χ4n) is 3.08. The van der Waals surface area contributed by atoms with E-state index in [-0.39, 0.29) is 30.7 Å². The molecule has 0 bridgehead atoms. The highest BCUT2D eigenvalue weighted by Crippen LogP contribution is 2.30. The van der Waals surface area contributed by atoms with Crippen LogP contribution in [0.3, 0.4) is 0 Å². The maximum Gasteiger partial charge on any atom is 0.305 e. The van der Waals surface area contributed by atoms with Crippen LogP contribution >= 0.6 is 0 Å². The largest absolute Gasteiger partial charge is 0.481 e. The lowest BCUT2D eigenvalue weighted by Crippen LogP contribution is -2.44. The van der Waals surface area contributed by atoms with Crippen LogP contribution in [0.1, 0.15) is 25.7 Å². The molecule has 2 atom stereocenters. The first-order chi connectivity index (χ1) is 11.0. The van der Waals surface area contributed by atoms with Gasteiger partial charge in [-0.3, -0.25) is 14.4 Å². The molecule has 7 heteroatoms. The van der Waals surface area contributed by atoms with Crippen molar-refractivity contribution in [1.29, 1.82) is 0 Å². The van der Waals surface area contributed by atoms with Crippen molar-refractivity contribution in [3.8, 4) is 5.75 Å². The number of hydrogen-bond donors (Lipinski definition) is 2. The van der Waals surface area contributed by atoms with Crippen LogP contribution in [0.25, 0.3) is 0 Å². The van der Waals surface area contributed by atoms with E-state index in [0.717, 1.165) is 6.42 Å². The molecule has 1 aromatic rings. The van der Waals surface area contributed by atoms with E-state index in [2.05, 4.69) is 5.32 Å². The molecule has 3 rings (SSSR count). The molecule has 0 aromatic heterocycles. The Labute approximate surface area is 133 Å². The van der Waals surface area contributed by atoms with Crippen LogP contribution < -0.4 is 10.1 Å². The van der Waals surface area contributed by atoms with Gasteiger partial charge in [0, 0.05) is 12.6 Å². The van der Waals surface area contributed by atoms with Crippen molar-refractivity contribution in [3.63, 3.8) is 0 Å². The van der Waals surface area contributed by atoms with Crippen molar-refractivity contribution < 1.29 is 24.2 Å². The van der Waals surface area contributed by atoms with Crippen molar-refractivity contribution in [2.24, 2.45) is 0 Å². The van der Waals surface area contributed by atoms with Gasteiger partial charge in [0.05, 0.1) is 18.5 Å². The van der Waals surface area contributed by atoms with Crippen molar-refractivity contribution in [2.45, 2.75) is 37.8 Å². The number of carbonyl (C=O) groups is 3. The van der Waals surface area contributed by atoms with Crippen molar-refractivity contribution >= 4 is 23.5 Å². The second kappa shape index (κ2) is 6.28. The summed E-state index contributed by atoms with van der Waals surface area (Å²) in [5, 5.41) is 11.6. The van der Waals surface area contributed by atoms with Crippen LogP contribution in [0.2, 0.25) is 0 Å². The molecule has 1 aromatic carbocycles. The Kier molecular flexibility index (Phi) is 4.18. The topological polar surface area (TPSA) is 95.9 Å². The average Bonchev–Trinajstić information content (AvgIpc) is 2.95. The molecule has 0 spiro atoms. The van der Waals surface area contributed by atoms with Gasteiger partial charge < -0.3 is 20.1 Å². The zero-order valence-corrected chi connectivity index (χ0v) is 12.5. The molecule has 7 nitrogen and oxygen atoms in total. The van der Waals surface area contributed by atoms with Gasteiger partial charge in [0.25, 0.3) is 5.91 Å². The highest BCUT2D eigenvalue weighted by atomic mass is 16.5. The number of ether oxygens (including phenoxy) is 1. The molecule has 0 radical (unpaired) electrons. The maximum atomic E-state index is 12.4. The molecule has 122 valence electrons. The van der Waals surface area contributed by atoms with Gasteiger partial charge in [0.1, 0.15) is 5.75 Å². The molecular formula is C16H18N2O5. The first kappa shape index (κ1) is 15.3. The Morgan fingerprint density at radius 1 is 1.30 bits per heavy atom. The van der Waals surface area contributed by atoms with Gasteiger partial charge in [-0.25, -0.2) is 0 Å². The molecule has 2 amide bonds. The Morgan fingerprint density at radius 3 is 2.87 bits per heavy atom. The van der Waals surface area contributed by atoms with E-state index in [1.165, 1.54) is 0 Å². The van der Waals surface area contributed by atoms with Crippen molar-refractivity contribution in [2.75, 3.05) is 11.9 Å². The summed E-state index contributed by atoms with van der Waals surface area (Å²) < 4.78 is 5.61. The lowest BCUT2D eigenvalue weighted by molar-refractivity contribution is -0.141. The molecule has 2 N–H and O–H groups in total. The van der Waals surface area contributed by atoms with Gasteiger partial charge in [-0.15, -0.1) is 0 Å². The summed E-state index contributed by atoms with van der Waals surface area (Å²) in [5.41, 5.74) is 0.589. The van der Waals surface area contributed by atoms with E-state index in [1.807, 2.05) is 0 Å². The fraction of sp³-hybridized carbons (Fsp3) is 0.438. The predicted molar refractivity (Wildman–Crippen MR) is 81.1 cm³/mol. The van der Waals surface area contributed by atoms with Gasteiger partial charge in [0.15, 0.2) is 6.10 Å². The normalized spacial score (nSPS) is 23.0. The first-order valence-electron chi connectivity index (χ1n) is 7.62. The van der Waals surface area contributed by atoms with Crippen LogP contribution in [-0.2, 0) is 14.4 Å². The number of carboxylic acid groups (broad SMARTS) is 1.